The summed E-state index contributed by atoms with van der Waals surface area (Å²) in [6, 6.07) is 1.49. The Bertz CT molecular complexity index is 400. The number of aromatic carboxylic acids is 1. The lowest BCUT2D eigenvalue weighted by atomic mass is 10.2. The molecule has 1 N–H and O–H groups in total. The van der Waals surface area contributed by atoms with Gasteiger partial charge < -0.3 is 19.0 Å². The van der Waals surface area contributed by atoms with Crippen molar-refractivity contribution in [2.45, 2.75) is 39.9 Å². The van der Waals surface area contributed by atoms with Crippen LogP contribution in [0.2, 0.25) is 0 Å². The lowest BCUT2D eigenvalue weighted by Gasteiger charge is -2.19. The molecule has 102 valence electrons. The molecule has 0 atom stereocenters. The van der Waals surface area contributed by atoms with Crippen LogP contribution in [0.25, 0.3) is 0 Å². The molecule has 0 spiro atoms. The zero-order valence-electron chi connectivity index (χ0n) is 11.3. The van der Waals surface area contributed by atoms with Crippen LogP contribution in [0.4, 0.5) is 0 Å². The largest absolute Gasteiger partial charge is 0.475 e. The lowest BCUT2D eigenvalue weighted by molar-refractivity contribution is -0.0378. The summed E-state index contributed by atoms with van der Waals surface area (Å²) in [5.74, 6) is -0.554. The molecule has 5 nitrogen and oxygen atoms in total. The number of aryl methyl sites for hydroxylation is 1. The van der Waals surface area contributed by atoms with Gasteiger partial charge in [-0.05, 0) is 33.8 Å². The zero-order chi connectivity index (χ0) is 13.8. The maximum atomic E-state index is 10.7. The summed E-state index contributed by atoms with van der Waals surface area (Å²) >= 11 is 0. The molecule has 1 rings (SSSR count). The molecule has 5 heteroatoms. The molecule has 0 aliphatic heterocycles. The van der Waals surface area contributed by atoms with Gasteiger partial charge in [0, 0.05) is 5.56 Å². The van der Waals surface area contributed by atoms with Gasteiger partial charge in [-0.3, -0.25) is 0 Å². The third-order valence-electron chi connectivity index (χ3n) is 2.25. The number of furan rings is 1. The van der Waals surface area contributed by atoms with Crippen molar-refractivity contribution < 1.29 is 23.8 Å². The molecule has 0 amide bonds. The number of hydrogen-bond donors (Lipinski definition) is 1. The summed E-state index contributed by atoms with van der Waals surface area (Å²) in [6.07, 6.45) is 0. The standard InChI is InChI=1S/C13H20O5/c1-9-10(7-11(18-9)12(14)15)8-16-5-6-17-13(2,3)4/h7H,5-6,8H2,1-4H3,(H,14,15). The Kier molecular flexibility index (Phi) is 4.93. The molecule has 0 saturated carbocycles. The predicted octanol–water partition coefficient (Wildman–Crippen LogP) is 2.62. The van der Waals surface area contributed by atoms with E-state index in [0.717, 1.165) is 5.56 Å². The van der Waals surface area contributed by atoms with Crippen molar-refractivity contribution in [3.8, 4) is 0 Å². The molecular formula is C13H20O5. The van der Waals surface area contributed by atoms with E-state index in [1.807, 2.05) is 20.8 Å². The molecule has 0 bridgehead atoms. The average Bonchev–Trinajstić information content (AvgIpc) is 2.58. The zero-order valence-corrected chi connectivity index (χ0v) is 11.3. The van der Waals surface area contributed by atoms with Crippen molar-refractivity contribution in [1.82, 2.24) is 0 Å². The second-order valence-electron chi connectivity index (χ2n) is 5.01. The van der Waals surface area contributed by atoms with E-state index in [1.54, 1.807) is 6.92 Å². The van der Waals surface area contributed by atoms with Gasteiger partial charge in [-0.25, -0.2) is 4.79 Å². The summed E-state index contributed by atoms with van der Waals surface area (Å²) in [4.78, 5) is 10.7. The van der Waals surface area contributed by atoms with Gasteiger partial charge in [0.15, 0.2) is 0 Å². The van der Waals surface area contributed by atoms with E-state index in [2.05, 4.69) is 0 Å². The van der Waals surface area contributed by atoms with Crippen molar-refractivity contribution in [3.63, 3.8) is 0 Å². The van der Waals surface area contributed by atoms with E-state index in [0.29, 0.717) is 25.6 Å². The van der Waals surface area contributed by atoms with Crippen molar-refractivity contribution in [2.24, 2.45) is 0 Å². The Morgan fingerprint density at radius 3 is 2.56 bits per heavy atom. The highest BCUT2D eigenvalue weighted by atomic mass is 16.5. The molecule has 1 aromatic rings. The average molecular weight is 256 g/mol. The van der Waals surface area contributed by atoms with E-state index >= 15 is 0 Å². The highest BCUT2D eigenvalue weighted by Crippen LogP contribution is 2.15. The summed E-state index contributed by atoms with van der Waals surface area (Å²) in [7, 11) is 0. The van der Waals surface area contributed by atoms with Crippen LogP contribution in [0.5, 0.6) is 0 Å². The van der Waals surface area contributed by atoms with Gasteiger partial charge in [-0.1, -0.05) is 0 Å². The number of rotatable bonds is 6. The van der Waals surface area contributed by atoms with Gasteiger partial charge in [-0.2, -0.15) is 0 Å². The van der Waals surface area contributed by atoms with Gasteiger partial charge in [-0.15, -0.1) is 0 Å². The Morgan fingerprint density at radius 1 is 1.39 bits per heavy atom. The topological polar surface area (TPSA) is 68.9 Å². The molecule has 0 fully saturated rings. The van der Waals surface area contributed by atoms with Crippen LogP contribution in [-0.2, 0) is 16.1 Å². The fourth-order valence-corrected chi connectivity index (χ4v) is 1.36. The van der Waals surface area contributed by atoms with E-state index in [4.69, 9.17) is 19.0 Å². The lowest BCUT2D eigenvalue weighted by Crippen LogP contribution is -2.21. The second-order valence-corrected chi connectivity index (χ2v) is 5.01. The van der Waals surface area contributed by atoms with Crippen LogP contribution >= 0.6 is 0 Å². The minimum atomic E-state index is -1.07. The number of ether oxygens (including phenoxy) is 2. The van der Waals surface area contributed by atoms with Crippen LogP contribution in [0.15, 0.2) is 10.5 Å². The van der Waals surface area contributed by atoms with Crippen molar-refractivity contribution in [2.75, 3.05) is 13.2 Å². The third kappa shape index (κ3) is 4.89. The Balaban J connectivity index is 2.33. The summed E-state index contributed by atoms with van der Waals surface area (Å²) < 4.78 is 16.0. The van der Waals surface area contributed by atoms with Crippen molar-refractivity contribution >= 4 is 5.97 Å². The highest BCUT2D eigenvalue weighted by molar-refractivity contribution is 5.84. The molecule has 0 aromatic carbocycles. The first kappa shape index (κ1) is 14.7. The van der Waals surface area contributed by atoms with Gasteiger partial charge >= 0.3 is 5.97 Å². The summed E-state index contributed by atoms with van der Waals surface area (Å²) in [5.41, 5.74) is 0.578. The first-order valence-electron chi connectivity index (χ1n) is 5.84. The monoisotopic (exact) mass is 256 g/mol. The molecule has 0 aliphatic carbocycles. The minimum Gasteiger partial charge on any atom is -0.475 e. The first-order valence-corrected chi connectivity index (χ1v) is 5.84. The third-order valence-corrected chi connectivity index (χ3v) is 2.25. The summed E-state index contributed by atoms with van der Waals surface area (Å²) in [5, 5.41) is 8.77. The van der Waals surface area contributed by atoms with E-state index in [1.165, 1.54) is 6.07 Å². The maximum absolute atomic E-state index is 10.7. The van der Waals surface area contributed by atoms with Crippen molar-refractivity contribution in [3.05, 3.63) is 23.2 Å². The van der Waals surface area contributed by atoms with Crippen LogP contribution in [0.3, 0.4) is 0 Å². The Labute approximate surface area is 107 Å². The Hall–Kier alpha value is -1.33. The van der Waals surface area contributed by atoms with Gasteiger partial charge in [0.05, 0.1) is 25.4 Å². The van der Waals surface area contributed by atoms with E-state index < -0.39 is 5.97 Å². The smallest absolute Gasteiger partial charge is 0.371 e. The van der Waals surface area contributed by atoms with Gasteiger partial charge in [0.2, 0.25) is 5.76 Å². The van der Waals surface area contributed by atoms with Crippen LogP contribution < -0.4 is 0 Å². The number of carboxylic acids is 1. The number of carboxylic acid groups (broad SMARTS) is 1. The van der Waals surface area contributed by atoms with Gasteiger partial charge in [0.1, 0.15) is 5.76 Å². The molecule has 18 heavy (non-hydrogen) atoms. The highest BCUT2D eigenvalue weighted by Gasteiger charge is 2.13. The molecular weight excluding hydrogens is 236 g/mol. The minimum absolute atomic E-state index is 0.0583. The van der Waals surface area contributed by atoms with Crippen molar-refractivity contribution in [1.29, 1.82) is 0 Å². The first-order chi connectivity index (χ1) is 8.29. The molecule has 1 aromatic heterocycles. The molecule has 1 heterocycles. The number of hydrogen-bond acceptors (Lipinski definition) is 4. The molecule has 0 aliphatic rings. The van der Waals surface area contributed by atoms with Crippen LogP contribution in [-0.4, -0.2) is 29.9 Å². The quantitative estimate of drug-likeness (QED) is 0.792. The van der Waals surface area contributed by atoms with Crippen LogP contribution in [0.1, 0.15) is 42.6 Å². The second kappa shape index (κ2) is 6.02. The number of carbonyl (C=O) groups is 1. The Morgan fingerprint density at radius 2 is 2.06 bits per heavy atom. The van der Waals surface area contributed by atoms with E-state index in [-0.39, 0.29) is 11.4 Å². The summed E-state index contributed by atoms with van der Waals surface area (Å²) in [6.45, 7) is 8.95. The molecule has 0 saturated heterocycles. The van der Waals surface area contributed by atoms with Gasteiger partial charge in [0.25, 0.3) is 0 Å². The maximum Gasteiger partial charge on any atom is 0.371 e. The molecule has 0 unspecified atom stereocenters. The fraction of sp³-hybridized carbons (Fsp3) is 0.615. The fourth-order valence-electron chi connectivity index (χ4n) is 1.36. The van der Waals surface area contributed by atoms with Crippen LogP contribution in [0, 0.1) is 6.92 Å². The normalized spacial score (nSPS) is 11.8. The van der Waals surface area contributed by atoms with E-state index in [9.17, 15) is 4.79 Å². The predicted molar refractivity (Wildman–Crippen MR) is 65.8 cm³/mol. The molecule has 0 radical (unpaired) electrons. The SMILES string of the molecule is Cc1oc(C(=O)O)cc1COCCOC(C)(C)C.